The van der Waals surface area contributed by atoms with E-state index in [1.54, 1.807) is 4.90 Å². The van der Waals surface area contributed by atoms with Gasteiger partial charge in [-0.25, -0.2) is 0 Å². The van der Waals surface area contributed by atoms with Crippen LogP contribution in [0.3, 0.4) is 0 Å². The Balaban J connectivity index is 2.03. The molecule has 1 aromatic carbocycles. The van der Waals surface area contributed by atoms with E-state index in [4.69, 9.17) is 0 Å². The van der Waals surface area contributed by atoms with E-state index in [-0.39, 0.29) is 23.8 Å². The van der Waals surface area contributed by atoms with Gasteiger partial charge in [0.25, 0.3) is 0 Å². The van der Waals surface area contributed by atoms with Crippen molar-refractivity contribution in [2.75, 3.05) is 11.4 Å². The minimum absolute atomic E-state index is 0.0108. The van der Waals surface area contributed by atoms with Crippen molar-refractivity contribution in [1.29, 1.82) is 0 Å². The van der Waals surface area contributed by atoms with Crippen LogP contribution in [-0.2, 0) is 9.59 Å². The highest BCUT2D eigenvalue weighted by Crippen LogP contribution is 2.26. The van der Waals surface area contributed by atoms with E-state index in [0.717, 1.165) is 16.6 Å². The molecular weight excluding hydrogens is 320 g/mol. The third-order valence-electron chi connectivity index (χ3n) is 3.64. The zero-order valence-corrected chi connectivity index (χ0v) is 13.3. The number of hydrogen-bond donors (Lipinski definition) is 1. The van der Waals surface area contributed by atoms with Gasteiger partial charge >= 0.3 is 0 Å². The quantitative estimate of drug-likeness (QED) is 0.917. The number of nitrogens with zero attached hydrogens (tertiary/aromatic N) is 1. The zero-order valence-electron chi connectivity index (χ0n) is 11.7. The molecule has 1 aliphatic rings. The molecule has 1 N–H and O–H groups in total. The second kappa shape index (κ2) is 6.39. The highest BCUT2D eigenvalue weighted by Gasteiger charge is 2.35. The Morgan fingerprint density at radius 2 is 2.10 bits per heavy atom. The summed E-state index contributed by atoms with van der Waals surface area (Å²) in [6, 6.07) is 7.72. The lowest BCUT2D eigenvalue weighted by Gasteiger charge is -2.18. The lowest BCUT2D eigenvalue weighted by atomic mass is 10.1. The number of hydrogen-bond acceptors (Lipinski definition) is 2. The molecule has 1 saturated heterocycles. The summed E-state index contributed by atoms with van der Waals surface area (Å²) in [7, 11) is 0. The largest absolute Gasteiger partial charge is 0.353 e. The smallest absolute Gasteiger partial charge is 0.227 e. The average molecular weight is 339 g/mol. The Labute approximate surface area is 127 Å². The first-order valence-corrected chi connectivity index (χ1v) is 7.67. The lowest BCUT2D eigenvalue weighted by Crippen LogP contribution is -2.38. The molecule has 0 saturated carbocycles. The SMILES string of the molecule is CCC(C)NC(=O)C1CC(=O)N(c2ccc(Br)cc2)C1. The number of nitrogens with one attached hydrogen (secondary N) is 1. The highest BCUT2D eigenvalue weighted by molar-refractivity contribution is 9.10. The van der Waals surface area contributed by atoms with Gasteiger partial charge in [-0.05, 0) is 37.6 Å². The number of carbonyl (C=O) groups excluding carboxylic acids is 2. The summed E-state index contributed by atoms with van der Waals surface area (Å²) in [5, 5.41) is 2.95. The molecule has 20 heavy (non-hydrogen) atoms. The standard InChI is InChI=1S/C15H19BrN2O2/c1-3-10(2)17-15(20)11-8-14(19)18(9-11)13-6-4-12(16)5-7-13/h4-7,10-11H,3,8-9H2,1-2H3,(H,17,20). The fourth-order valence-corrected chi connectivity index (χ4v) is 2.48. The molecule has 0 aromatic heterocycles. The molecule has 108 valence electrons. The summed E-state index contributed by atoms with van der Waals surface area (Å²) in [6.07, 6.45) is 1.18. The van der Waals surface area contributed by atoms with Gasteiger partial charge in [-0.3, -0.25) is 9.59 Å². The van der Waals surface area contributed by atoms with E-state index in [1.165, 1.54) is 0 Å². The summed E-state index contributed by atoms with van der Waals surface area (Å²) in [5.74, 6) is -0.260. The molecule has 2 rings (SSSR count). The van der Waals surface area contributed by atoms with Crippen molar-refractivity contribution >= 4 is 33.4 Å². The van der Waals surface area contributed by atoms with Crippen molar-refractivity contribution < 1.29 is 9.59 Å². The summed E-state index contributed by atoms with van der Waals surface area (Å²) in [4.78, 5) is 25.8. The highest BCUT2D eigenvalue weighted by atomic mass is 79.9. The Morgan fingerprint density at radius 1 is 1.45 bits per heavy atom. The Bertz CT molecular complexity index is 501. The van der Waals surface area contributed by atoms with Crippen LogP contribution < -0.4 is 10.2 Å². The summed E-state index contributed by atoms with van der Waals surface area (Å²) in [6.45, 7) is 4.46. The molecule has 4 nitrogen and oxygen atoms in total. The summed E-state index contributed by atoms with van der Waals surface area (Å²) in [5.41, 5.74) is 0.844. The van der Waals surface area contributed by atoms with E-state index in [0.29, 0.717) is 13.0 Å². The van der Waals surface area contributed by atoms with E-state index < -0.39 is 0 Å². The van der Waals surface area contributed by atoms with Gasteiger partial charge in [0.2, 0.25) is 11.8 Å². The fourth-order valence-electron chi connectivity index (χ4n) is 2.22. The topological polar surface area (TPSA) is 49.4 Å². The van der Waals surface area contributed by atoms with Crippen molar-refractivity contribution in [2.45, 2.75) is 32.7 Å². The maximum atomic E-state index is 12.1. The van der Waals surface area contributed by atoms with Crippen LogP contribution >= 0.6 is 15.9 Å². The summed E-state index contributed by atoms with van der Waals surface area (Å²) < 4.78 is 0.971. The molecule has 2 atom stereocenters. The van der Waals surface area contributed by atoms with E-state index in [9.17, 15) is 9.59 Å². The molecule has 2 unspecified atom stereocenters. The number of rotatable bonds is 4. The minimum atomic E-state index is -0.250. The van der Waals surface area contributed by atoms with Crippen molar-refractivity contribution in [3.63, 3.8) is 0 Å². The van der Waals surface area contributed by atoms with Gasteiger partial charge in [0.1, 0.15) is 0 Å². The molecule has 1 heterocycles. The lowest BCUT2D eigenvalue weighted by molar-refractivity contribution is -0.126. The van der Waals surface area contributed by atoms with Gasteiger partial charge in [-0.2, -0.15) is 0 Å². The third kappa shape index (κ3) is 3.39. The monoisotopic (exact) mass is 338 g/mol. The van der Waals surface area contributed by atoms with Crippen LogP contribution in [0.5, 0.6) is 0 Å². The van der Waals surface area contributed by atoms with Gasteiger partial charge in [-0.15, -0.1) is 0 Å². The number of amides is 2. The zero-order chi connectivity index (χ0) is 14.7. The maximum Gasteiger partial charge on any atom is 0.227 e. The van der Waals surface area contributed by atoms with Gasteiger partial charge in [0.15, 0.2) is 0 Å². The van der Waals surface area contributed by atoms with Gasteiger partial charge in [0, 0.05) is 29.2 Å². The molecule has 1 fully saturated rings. The normalized spacial score (nSPS) is 20.1. The number of halogens is 1. The molecule has 2 amide bonds. The van der Waals surface area contributed by atoms with Crippen molar-refractivity contribution in [2.24, 2.45) is 5.92 Å². The Kier molecular flexibility index (Phi) is 4.81. The predicted octanol–water partition coefficient (Wildman–Crippen LogP) is 2.72. The van der Waals surface area contributed by atoms with Gasteiger partial charge < -0.3 is 10.2 Å². The van der Waals surface area contributed by atoms with E-state index >= 15 is 0 Å². The maximum absolute atomic E-state index is 12.1. The van der Waals surface area contributed by atoms with Crippen LogP contribution in [0, 0.1) is 5.92 Å². The number of benzene rings is 1. The molecule has 0 bridgehead atoms. The summed E-state index contributed by atoms with van der Waals surface area (Å²) >= 11 is 3.37. The van der Waals surface area contributed by atoms with Crippen molar-refractivity contribution in [3.8, 4) is 0 Å². The number of anilines is 1. The van der Waals surface area contributed by atoms with Crippen molar-refractivity contribution in [1.82, 2.24) is 5.32 Å². The number of carbonyl (C=O) groups is 2. The van der Waals surface area contributed by atoms with Crippen LogP contribution in [0.1, 0.15) is 26.7 Å². The molecule has 0 spiro atoms. The molecule has 0 radical (unpaired) electrons. The van der Waals surface area contributed by atoms with Crippen molar-refractivity contribution in [3.05, 3.63) is 28.7 Å². The molecule has 5 heteroatoms. The van der Waals surface area contributed by atoms with E-state index in [2.05, 4.69) is 21.2 Å². The van der Waals surface area contributed by atoms with Crippen LogP contribution in [-0.4, -0.2) is 24.4 Å². The second-order valence-corrected chi connectivity index (χ2v) is 6.12. The average Bonchev–Trinajstić information content (AvgIpc) is 2.81. The van der Waals surface area contributed by atoms with Crippen LogP contribution in [0.15, 0.2) is 28.7 Å². The van der Waals surface area contributed by atoms with Crippen LogP contribution in [0.2, 0.25) is 0 Å². The van der Waals surface area contributed by atoms with E-state index in [1.807, 2.05) is 38.1 Å². The molecular formula is C15H19BrN2O2. The molecule has 1 aliphatic heterocycles. The predicted molar refractivity (Wildman–Crippen MR) is 82.5 cm³/mol. The molecule has 1 aromatic rings. The third-order valence-corrected chi connectivity index (χ3v) is 4.16. The van der Waals surface area contributed by atoms with Gasteiger partial charge in [-0.1, -0.05) is 22.9 Å². The van der Waals surface area contributed by atoms with Crippen LogP contribution in [0.4, 0.5) is 5.69 Å². The van der Waals surface area contributed by atoms with Gasteiger partial charge in [0.05, 0.1) is 5.92 Å². The fraction of sp³-hybridized carbons (Fsp3) is 0.467. The second-order valence-electron chi connectivity index (χ2n) is 5.20. The molecule has 0 aliphatic carbocycles. The first kappa shape index (κ1) is 15.0. The first-order valence-electron chi connectivity index (χ1n) is 6.87. The Hall–Kier alpha value is -1.36. The Morgan fingerprint density at radius 3 is 2.70 bits per heavy atom. The minimum Gasteiger partial charge on any atom is -0.353 e. The van der Waals surface area contributed by atoms with Crippen LogP contribution in [0.25, 0.3) is 0 Å². The first-order chi connectivity index (χ1) is 9.51.